The number of nitrogens with one attached hydrogen (secondary N) is 4. The second-order valence-electron chi connectivity index (χ2n) is 7.21. The van der Waals surface area contributed by atoms with Gasteiger partial charge in [-0.15, -0.1) is 0 Å². The van der Waals surface area contributed by atoms with Crippen molar-refractivity contribution in [3.63, 3.8) is 0 Å². The number of nitrogens with zero attached hydrogens (tertiary/aromatic N) is 1. The lowest BCUT2D eigenvalue weighted by atomic mass is 9.99. The Morgan fingerprint density at radius 3 is 1.79 bits per heavy atom. The molecule has 0 fully saturated rings. The number of thiocarbonyl (C=S) groups is 4. The van der Waals surface area contributed by atoms with Gasteiger partial charge in [0.2, 0.25) is 0 Å². The van der Waals surface area contributed by atoms with Crippen molar-refractivity contribution in [2.75, 3.05) is 10.6 Å². The van der Waals surface area contributed by atoms with Gasteiger partial charge in [-0.05, 0) is 78.5 Å². The van der Waals surface area contributed by atoms with Gasteiger partial charge in [-0.25, -0.2) is 4.98 Å². The second kappa shape index (κ2) is 10.2. The van der Waals surface area contributed by atoms with Crippen molar-refractivity contribution in [2.45, 2.75) is 0 Å². The Bertz CT molecular complexity index is 1450. The minimum atomic E-state index is 0.0983. The van der Waals surface area contributed by atoms with Crippen LogP contribution in [0.25, 0.3) is 32.9 Å². The molecule has 3 aromatic carbocycles. The third-order valence-electron chi connectivity index (χ3n) is 4.83. The molecule has 1 aromatic heterocycles. The van der Waals surface area contributed by atoms with Crippen LogP contribution in [0.15, 0.2) is 66.7 Å². The highest BCUT2D eigenvalue weighted by molar-refractivity contribution is 7.82. The first kappa shape index (κ1) is 23.6. The van der Waals surface area contributed by atoms with Gasteiger partial charge in [0.1, 0.15) is 0 Å². The van der Waals surface area contributed by atoms with E-state index in [-0.39, 0.29) is 10.2 Å². The summed E-state index contributed by atoms with van der Waals surface area (Å²) < 4.78 is 0. The molecule has 0 radical (unpaired) electrons. The predicted octanol–water partition coefficient (Wildman–Crippen LogP) is 4.12. The SMILES string of the molecule is NC(=S)NC(=S)Nc1ccc2c(c1)nc(-c1ccccc1)c1cc(NC(=S)NC(N)=S)ccc12. The van der Waals surface area contributed by atoms with E-state index in [1.54, 1.807) is 0 Å². The zero-order chi connectivity index (χ0) is 24.2. The summed E-state index contributed by atoms with van der Waals surface area (Å²) >= 11 is 20.2. The van der Waals surface area contributed by atoms with Crippen molar-refractivity contribution in [1.82, 2.24) is 15.6 Å². The van der Waals surface area contributed by atoms with E-state index in [1.165, 1.54) is 0 Å². The number of nitrogens with two attached hydrogens (primary N) is 2. The molecule has 11 heteroatoms. The summed E-state index contributed by atoms with van der Waals surface area (Å²) in [6.07, 6.45) is 0. The van der Waals surface area contributed by atoms with Gasteiger partial charge in [-0.2, -0.15) is 0 Å². The van der Waals surface area contributed by atoms with Crippen LogP contribution in [-0.4, -0.2) is 25.4 Å². The molecule has 0 aliphatic heterocycles. The number of fused-ring (bicyclic) bond motifs is 3. The van der Waals surface area contributed by atoms with Crippen molar-refractivity contribution in [3.05, 3.63) is 66.7 Å². The maximum absolute atomic E-state index is 5.52. The summed E-state index contributed by atoms with van der Waals surface area (Å²) in [4.78, 5) is 5.00. The highest BCUT2D eigenvalue weighted by atomic mass is 32.1. The molecule has 34 heavy (non-hydrogen) atoms. The number of hydrogen-bond donors (Lipinski definition) is 6. The minimum Gasteiger partial charge on any atom is -0.376 e. The average molecular weight is 522 g/mol. The quantitative estimate of drug-likeness (QED) is 0.173. The van der Waals surface area contributed by atoms with Crippen LogP contribution in [0.4, 0.5) is 11.4 Å². The first-order valence-electron chi connectivity index (χ1n) is 9.98. The van der Waals surface area contributed by atoms with E-state index in [0.29, 0.717) is 10.2 Å². The Morgan fingerprint density at radius 2 is 1.21 bits per heavy atom. The van der Waals surface area contributed by atoms with Crippen LogP contribution >= 0.6 is 48.9 Å². The Balaban J connectivity index is 1.83. The van der Waals surface area contributed by atoms with Gasteiger partial charge >= 0.3 is 0 Å². The molecule has 0 saturated carbocycles. The Hall–Kier alpha value is -3.51. The summed E-state index contributed by atoms with van der Waals surface area (Å²) in [5.41, 5.74) is 15.2. The fourth-order valence-corrected chi connectivity index (χ4v) is 4.32. The molecule has 0 atom stereocenters. The molecular weight excluding hydrogens is 503 g/mol. The van der Waals surface area contributed by atoms with Crippen molar-refractivity contribution in [2.24, 2.45) is 11.5 Å². The normalized spacial score (nSPS) is 10.5. The van der Waals surface area contributed by atoms with Crippen molar-refractivity contribution < 1.29 is 0 Å². The summed E-state index contributed by atoms with van der Waals surface area (Å²) in [6, 6.07) is 21.8. The molecule has 0 aliphatic rings. The molecule has 0 bridgehead atoms. The van der Waals surface area contributed by atoms with Gasteiger partial charge in [0.05, 0.1) is 11.2 Å². The van der Waals surface area contributed by atoms with Crippen LogP contribution in [0, 0.1) is 0 Å². The maximum atomic E-state index is 5.52. The number of rotatable bonds is 3. The largest absolute Gasteiger partial charge is 0.376 e. The number of anilines is 2. The predicted molar refractivity (Wildman–Crippen MR) is 157 cm³/mol. The Kier molecular flexibility index (Phi) is 7.08. The fraction of sp³-hybridized carbons (Fsp3) is 0. The summed E-state index contributed by atoms with van der Waals surface area (Å²) in [5.74, 6) is 0. The van der Waals surface area contributed by atoms with Crippen LogP contribution in [0.1, 0.15) is 0 Å². The zero-order valence-electron chi connectivity index (χ0n) is 17.6. The Morgan fingerprint density at radius 1 is 0.647 bits per heavy atom. The second-order valence-corrected chi connectivity index (χ2v) is 8.90. The molecule has 4 rings (SSSR count). The van der Waals surface area contributed by atoms with Crippen molar-refractivity contribution in [3.8, 4) is 11.3 Å². The highest BCUT2D eigenvalue weighted by Crippen LogP contribution is 2.35. The molecule has 4 aromatic rings. The van der Waals surface area contributed by atoms with E-state index < -0.39 is 0 Å². The highest BCUT2D eigenvalue weighted by Gasteiger charge is 2.13. The van der Waals surface area contributed by atoms with Crippen LogP contribution in [-0.2, 0) is 0 Å². The van der Waals surface area contributed by atoms with E-state index in [0.717, 1.165) is 44.3 Å². The lowest BCUT2D eigenvalue weighted by molar-refractivity contribution is 1.37. The van der Waals surface area contributed by atoms with Gasteiger partial charge in [0.25, 0.3) is 0 Å². The van der Waals surface area contributed by atoms with Crippen LogP contribution < -0.4 is 32.7 Å². The van der Waals surface area contributed by atoms with E-state index in [1.807, 2.05) is 66.7 Å². The zero-order valence-corrected chi connectivity index (χ0v) is 20.9. The summed E-state index contributed by atoms with van der Waals surface area (Å²) in [7, 11) is 0. The van der Waals surface area contributed by atoms with Crippen LogP contribution in [0.3, 0.4) is 0 Å². The average Bonchev–Trinajstić information content (AvgIpc) is 2.77. The first-order chi connectivity index (χ1) is 16.3. The van der Waals surface area contributed by atoms with Gasteiger partial charge in [-0.1, -0.05) is 42.5 Å². The van der Waals surface area contributed by atoms with E-state index in [2.05, 4.69) is 21.3 Å². The lowest BCUT2D eigenvalue weighted by Crippen LogP contribution is -2.37. The van der Waals surface area contributed by atoms with E-state index >= 15 is 0 Å². The van der Waals surface area contributed by atoms with Gasteiger partial charge in [-0.3, -0.25) is 0 Å². The monoisotopic (exact) mass is 521 g/mol. The third-order valence-corrected chi connectivity index (χ3v) is 5.44. The van der Waals surface area contributed by atoms with Crippen molar-refractivity contribution in [1.29, 1.82) is 0 Å². The minimum absolute atomic E-state index is 0.0983. The molecule has 7 nitrogen and oxygen atoms in total. The van der Waals surface area contributed by atoms with E-state index in [4.69, 9.17) is 65.3 Å². The molecule has 0 amide bonds. The molecule has 0 spiro atoms. The van der Waals surface area contributed by atoms with Crippen LogP contribution in [0.5, 0.6) is 0 Å². The lowest BCUT2D eigenvalue weighted by Gasteiger charge is -2.15. The molecule has 0 unspecified atom stereocenters. The number of aromatic nitrogens is 1. The van der Waals surface area contributed by atoms with Crippen LogP contribution in [0.2, 0.25) is 0 Å². The topological polar surface area (TPSA) is 113 Å². The summed E-state index contributed by atoms with van der Waals surface area (Å²) in [6.45, 7) is 0. The van der Waals surface area contributed by atoms with Crippen molar-refractivity contribution >= 4 is 102 Å². The molecular formula is C23H19N7S4. The third kappa shape index (κ3) is 5.51. The maximum Gasteiger partial charge on any atom is 0.177 e. The number of hydrogen-bond acceptors (Lipinski definition) is 5. The standard InChI is InChI=1S/C23H19N7S4/c24-20(31)29-22(33)26-13-6-8-15-16-9-7-14(27-23(34)30-21(25)32)11-18(16)28-19(17(15)10-13)12-4-2-1-3-5-12/h1-11H,(H4,24,26,29,31,33)(H4,25,27,30,32,34). The molecule has 0 saturated heterocycles. The smallest absolute Gasteiger partial charge is 0.177 e. The molecule has 1 heterocycles. The fourth-order valence-electron chi connectivity index (χ4n) is 3.53. The molecule has 170 valence electrons. The van der Waals surface area contributed by atoms with Gasteiger partial charge < -0.3 is 32.7 Å². The van der Waals surface area contributed by atoms with Gasteiger partial charge in [0, 0.05) is 27.7 Å². The number of pyridine rings is 1. The molecule has 8 N–H and O–H groups in total. The first-order valence-corrected chi connectivity index (χ1v) is 11.6. The number of benzene rings is 3. The summed E-state index contributed by atoms with van der Waals surface area (Å²) in [5, 5.41) is 15.5. The molecule has 0 aliphatic carbocycles. The van der Waals surface area contributed by atoms with Gasteiger partial charge in [0.15, 0.2) is 20.4 Å². The van der Waals surface area contributed by atoms with E-state index in [9.17, 15) is 0 Å². The Labute approximate surface area is 217 Å².